The summed E-state index contributed by atoms with van der Waals surface area (Å²) in [4.78, 5) is 29.0. The monoisotopic (exact) mass is 461 g/mol. The normalized spacial score (nSPS) is 16.0. The summed E-state index contributed by atoms with van der Waals surface area (Å²) >= 11 is 1.39. The number of aliphatic hydroxyl groups excluding tert-OH is 1. The second kappa shape index (κ2) is 8.14. The van der Waals surface area contributed by atoms with Crippen LogP contribution < -0.4 is 14.4 Å². The highest BCUT2D eigenvalue weighted by Gasteiger charge is 2.46. The standard InChI is InChI=1S/C25H19NO6S/c1-30-16-8-4-7-15(13-16)26-21(19-10-5-11-33-19)20(23(28)25(26)29)22(27)18-12-14-6-3-9-17(31-2)24(14)32-18/h3-13,21,28H,1-2H3. The molecule has 0 spiro atoms. The molecule has 0 aliphatic carbocycles. The van der Waals surface area contributed by atoms with Gasteiger partial charge in [0, 0.05) is 22.0 Å². The van der Waals surface area contributed by atoms with E-state index in [-0.39, 0.29) is 11.3 Å². The van der Waals surface area contributed by atoms with Gasteiger partial charge < -0.3 is 19.0 Å². The molecule has 1 aliphatic heterocycles. The van der Waals surface area contributed by atoms with E-state index in [2.05, 4.69) is 0 Å². The zero-order valence-corrected chi connectivity index (χ0v) is 18.6. The van der Waals surface area contributed by atoms with Crippen LogP contribution in [0, 0.1) is 0 Å². The average Bonchev–Trinajstić information content (AvgIpc) is 3.57. The number of furan rings is 1. The van der Waals surface area contributed by atoms with Crippen molar-refractivity contribution in [3.05, 3.63) is 88.0 Å². The van der Waals surface area contributed by atoms with Gasteiger partial charge in [0.1, 0.15) is 11.8 Å². The average molecular weight is 461 g/mol. The van der Waals surface area contributed by atoms with Crippen LogP contribution >= 0.6 is 11.3 Å². The number of methoxy groups -OCH3 is 2. The third-order valence-electron chi connectivity index (χ3n) is 5.55. The van der Waals surface area contributed by atoms with Crippen molar-refractivity contribution in [2.45, 2.75) is 6.04 Å². The molecular formula is C25H19NO6S. The highest BCUT2D eigenvalue weighted by molar-refractivity contribution is 7.10. The molecule has 7 nitrogen and oxygen atoms in total. The Bertz CT molecular complexity index is 1400. The fourth-order valence-corrected chi connectivity index (χ4v) is 4.85. The number of hydrogen-bond donors (Lipinski definition) is 1. The minimum Gasteiger partial charge on any atom is -0.503 e. The van der Waals surface area contributed by atoms with Gasteiger partial charge in [0.25, 0.3) is 5.91 Å². The van der Waals surface area contributed by atoms with Gasteiger partial charge in [-0.1, -0.05) is 24.3 Å². The Morgan fingerprint density at radius 3 is 2.61 bits per heavy atom. The van der Waals surface area contributed by atoms with Crippen molar-refractivity contribution < 1.29 is 28.6 Å². The first-order chi connectivity index (χ1) is 16.0. The lowest BCUT2D eigenvalue weighted by Gasteiger charge is -2.25. The lowest BCUT2D eigenvalue weighted by Crippen LogP contribution is -2.30. The van der Waals surface area contributed by atoms with Crippen molar-refractivity contribution in [1.29, 1.82) is 0 Å². The van der Waals surface area contributed by atoms with Crippen molar-refractivity contribution in [3.8, 4) is 11.5 Å². The molecule has 0 bridgehead atoms. The molecule has 1 amide bonds. The number of carbonyl (C=O) groups excluding carboxylic acids is 2. The van der Waals surface area contributed by atoms with Gasteiger partial charge in [-0.15, -0.1) is 11.3 Å². The van der Waals surface area contributed by atoms with Gasteiger partial charge in [-0.2, -0.15) is 0 Å². The van der Waals surface area contributed by atoms with E-state index in [1.54, 1.807) is 48.5 Å². The number of para-hydroxylation sites is 1. The number of ether oxygens (including phenoxy) is 2. The Hall–Kier alpha value is -4.04. The van der Waals surface area contributed by atoms with Gasteiger partial charge in [0.15, 0.2) is 22.9 Å². The fourth-order valence-electron chi connectivity index (χ4n) is 4.02. The smallest absolute Gasteiger partial charge is 0.294 e. The molecule has 3 heterocycles. The van der Waals surface area contributed by atoms with Crippen LogP contribution in [0.3, 0.4) is 0 Å². The first-order valence-corrected chi connectivity index (χ1v) is 11.0. The number of Topliss-reactive ketones (excluding diaryl/α,β-unsaturated/α-hetero) is 1. The molecule has 1 aliphatic rings. The minimum absolute atomic E-state index is 0.0119. The van der Waals surface area contributed by atoms with Crippen LogP contribution in [0.5, 0.6) is 11.5 Å². The van der Waals surface area contributed by atoms with E-state index in [1.807, 2.05) is 17.5 Å². The summed E-state index contributed by atoms with van der Waals surface area (Å²) in [5.41, 5.74) is 0.881. The Morgan fingerprint density at radius 2 is 1.88 bits per heavy atom. The van der Waals surface area contributed by atoms with Crippen LogP contribution in [0.4, 0.5) is 5.69 Å². The van der Waals surface area contributed by atoms with Crippen LogP contribution in [0.1, 0.15) is 21.5 Å². The van der Waals surface area contributed by atoms with E-state index in [0.717, 1.165) is 4.88 Å². The number of nitrogens with zero attached hydrogens (tertiary/aromatic N) is 1. The summed E-state index contributed by atoms with van der Waals surface area (Å²) in [7, 11) is 3.05. The quantitative estimate of drug-likeness (QED) is 0.392. The summed E-state index contributed by atoms with van der Waals surface area (Å²) in [5.74, 6) is -0.790. The highest BCUT2D eigenvalue weighted by Crippen LogP contribution is 2.44. The van der Waals surface area contributed by atoms with Crippen LogP contribution in [0.15, 0.2) is 81.8 Å². The van der Waals surface area contributed by atoms with Crippen LogP contribution in [0.25, 0.3) is 11.0 Å². The Balaban J connectivity index is 1.64. The number of amides is 1. The minimum atomic E-state index is -0.813. The first-order valence-electron chi connectivity index (χ1n) is 10.1. The predicted molar refractivity (Wildman–Crippen MR) is 124 cm³/mol. The van der Waals surface area contributed by atoms with Crippen molar-refractivity contribution in [3.63, 3.8) is 0 Å². The summed E-state index contributed by atoms with van der Waals surface area (Å²) in [6, 6.07) is 16.7. The third-order valence-corrected chi connectivity index (χ3v) is 6.47. The summed E-state index contributed by atoms with van der Waals surface area (Å²) in [6.45, 7) is 0. The molecule has 5 rings (SSSR count). The molecular weight excluding hydrogens is 442 g/mol. The van der Waals surface area contributed by atoms with E-state index in [9.17, 15) is 14.7 Å². The lowest BCUT2D eigenvalue weighted by molar-refractivity contribution is -0.117. The molecule has 8 heteroatoms. The lowest BCUT2D eigenvalue weighted by atomic mass is 10.00. The maximum absolute atomic E-state index is 13.6. The maximum atomic E-state index is 13.6. The highest BCUT2D eigenvalue weighted by atomic mass is 32.1. The number of rotatable bonds is 6. The number of thiophene rings is 1. The van der Waals surface area contributed by atoms with Gasteiger partial charge in [-0.3, -0.25) is 14.5 Å². The molecule has 0 saturated carbocycles. The fraction of sp³-hybridized carbons (Fsp3) is 0.120. The largest absolute Gasteiger partial charge is 0.503 e. The molecule has 1 N–H and O–H groups in total. The molecule has 1 atom stereocenters. The number of anilines is 1. The van der Waals surface area contributed by atoms with E-state index in [1.165, 1.54) is 30.5 Å². The molecule has 1 unspecified atom stereocenters. The Kier molecular flexibility index (Phi) is 5.14. The molecule has 0 radical (unpaired) electrons. The van der Waals surface area contributed by atoms with Crippen molar-refractivity contribution in [2.24, 2.45) is 0 Å². The molecule has 0 saturated heterocycles. The van der Waals surface area contributed by atoms with E-state index in [0.29, 0.717) is 28.2 Å². The van der Waals surface area contributed by atoms with E-state index < -0.39 is 23.5 Å². The first kappa shape index (κ1) is 20.8. The van der Waals surface area contributed by atoms with Gasteiger partial charge in [-0.25, -0.2) is 0 Å². The number of ketones is 1. The summed E-state index contributed by atoms with van der Waals surface area (Å²) in [5, 5.41) is 13.4. The molecule has 2 aromatic carbocycles. The van der Waals surface area contributed by atoms with Crippen LogP contribution in [-0.4, -0.2) is 31.0 Å². The SMILES string of the molecule is COc1cccc(N2C(=O)C(O)=C(C(=O)c3cc4cccc(OC)c4o3)C2c2cccs2)c1. The predicted octanol–water partition coefficient (Wildman–Crippen LogP) is 5.29. The van der Waals surface area contributed by atoms with Crippen LogP contribution in [0.2, 0.25) is 0 Å². The topological polar surface area (TPSA) is 89.2 Å². The number of aliphatic hydroxyl groups is 1. The maximum Gasteiger partial charge on any atom is 0.294 e. The number of hydrogen-bond acceptors (Lipinski definition) is 7. The molecule has 166 valence electrons. The zero-order valence-electron chi connectivity index (χ0n) is 17.8. The van der Waals surface area contributed by atoms with E-state index >= 15 is 0 Å². The zero-order chi connectivity index (χ0) is 23.1. The van der Waals surface area contributed by atoms with E-state index in [4.69, 9.17) is 13.9 Å². The number of carbonyl (C=O) groups is 2. The molecule has 4 aromatic rings. The van der Waals surface area contributed by atoms with Crippen LogP contribution in [-0.2, 0) is 4.79 Å². The summed E-state index contributed by atoms with van der Waals surface area (Å²) in [6.07, 6.45) is 0. The summed E-state index contributed by atoms with van der Waals surface area (Å²) < 4.78 is 16.4. The van der Waals surface area contributed by atoms with Gasteiger partial charge >= 0.3 is 0 Å². The Morgan fingerprint density at radius 1 is 1.06 bits per heavy atom. The van der Waals surface area contributed by atoms with Gasteiger partial charge in [-0.05, 0) is 35.7 Å². The molecule has 33 heavy (non-hydrogen) atoms. The van der Waals surface area contributed by atoms with Crippen molar-refractivity contribution >= 4 is 39.7 Å². The van der Waals surface area contributed by atoms with Crippen molar-refractivity contribution in [2.75, 3.05) is 19.1 Å². The second-order valence-electron chi connectivity index (χ2n) is 7.38. The van der Waals surface area contributed by atoms with Gasteiger partial charge in [0.2, 0.25) is 5.78 Å². The van der Waals surface area contributed by atoms with Gasteiger partial charge in [0.05, 0.1) is 19.8 Å². The number of benzene rings is 2. The molecule has 0 fully saturated rings. The Labute approximate surface area is 193 Å². The molecule has 2 aromatic heterocycles. The van der Waals surface area contributed by atoms with Crippen molar-refractivity contribution in [1.82, 2.24) is 0 Å². The number of fused-ring (bicyclic) bond motifs is 1. The second-order valence-corrected chi connectivity index (χ2v) is 8.35. The third kappa shape index (κ3) is 3.35.